The van der Waals surface area contributed by atoms with Crippen LogP contribution in [0.3, 0.4) is 0 Å². The summed E-state index contributed by atoms with van der Waals surface area (Å²) in [6.07, 6.45) is 1.15. The van der Waals surface area contributed by atoms with E-state index in [-0.39, 0.29) is 0 Å². The third kappa shape index (κ3) is 3.12. The van der Waals surface area contributed by atoms with Crippen molar-refractivity contribution in [3.63, 3.8) is 0 Å². The topological polar surface area (TPSA) is 46.6 Å². The van der Waals surface area contributed by atoms with Crippen LogP contribution < -0.4 is 5.06 Å². The molecule has 1 aliphatic heterocycles. The molecule has 0 aromatic heterocycles. The molecular weight excluding hydrogens is 314 g/mol. The number of aldehydes is 1. The fourth-order valence-electron chi connectivity index (χ4n) is 2.43. The molecule has 0 saturated carbocycles. The van der Waals surface area contributed by atoms with Crippen molar-refractivity contribution in [2.45, 2.75) is 6.42 Å². The highest BCUT2D eigenvalue weighted by atomic mass is 35.5. The molecule has 0 aliphatic carbocycles. The molecule has 3 rings (SSSR count). The first-order chi connectivity index (χ1) is 11.2. The summed E-state index contributed by atoms with van der Waals surface area (Å²) in [5.41, 5.74) is 2.30. The minimum Gasteiger partial charge on any atom is -0.335 e. The Bertz CT molecular complexity index is 771. The summed E-state index contributed by atoms with van der Waals surface area (Å²) < 4.78 is 0. The van der Waals surface area contributed by atoms with E-state index in [0.717, 1.165) is 6.29 Å². The monoisotopic (exact) mass is 327 g/mol. The van der Waals surface area contributed by atoms with E-state index in [0.29, 0.717) is 40.4 Å². The number of anilines is 1. The van der Waals surface area contributed by atoms with E-state index in [9.17, 15) is 9.59 Å². The SMILES string of the molecule is O=CC1=C(Cl)c2ccccc2N(OC(=O)c2ccccc2)CC1. The van der Waals surface area contributed by atoms with Gasteiger partial charge in [-0.05, 0) is 24.6 Å². The first kappa shape index (κ1) is 15.3. The number of fused-ring (bicyclic) bond motifs is 1. The zero-order valence-corrected chi connectivity index (χ0v) is 13.0. The molecule has 1 aliphatic rings. The molecule has 0 N–H and O–H groups in total. The largest absolute Gasteiger partial charge is 0.363 e. The standard InChI is InChI=1S/C18H14ClNO3/c19-17-14(12-21)10-11-20(16-9-5-4-8-15(16)17)23-18(22)13-6-2-1-3-7-13/h1-9,12H,10-11H2. The molecule has 23 heavy (non-hydrogen) atoms. The molecular formula is C18H14ClNO3. The van der Waals surface area contributed by atoms with Crippen molar-refractivity contribution in [1.29, 1.82) is 0 Å². The number of benzene rings is 2. The number of carbonyl (C=O) groups is 2. The molecule has 0 atom stereocenters. The summed E-state index contributed by atoms with van der Waals surface area (Å²) in [5, 5.41) is 1.89. The van der Waals surface area contributed by atoms with Gasteiger partial charge in [-0.15, -0.1) is 0 Å². The lowest BCUT2D eigenvalue weighted by Gasteiger charge is -2.23. The summed E-state index contributed by atoms with van der Waals surface area (Å²) in [4.78, 5) is 29.0. The Morgan fingerprint density at radius 3 is 2.52 bits per heavy atom. The molecule has 0 amide bonds. The quantitative estimate of drug-likeness (QED) is 0.804. The Balaban J connectivity index is 1.92. The van der Waals surface area contributed by atoms with E-state index >= 15 is 0 Å². The molecule has 0 fully saturated rings. The smallest absolute Gasteiger partial charge is 0.335 e. The van der Waals surface area contributed by atoms with Gasteiger partial charge in [-0.1, -0.05) is 48.0 Å². The van der Waals surface area contributed by atoms with Crippen LogP contribution in [-0.4, -0.2) is 18.8 Å². The molecule has 0 bridgehead atoms. The molecule has 0 unspecified atom stereocenters. The van der Waals surface area contributed by atoms with Crippen LogP contribution in [0, 0.1) is 0 Å². The molecule has 5 heteroatoms. The second-order valence-electron chi connectivity index (χ2n) is 5.07. The van der Waals surface area contributed by atoms with Gasteiger partial charge in [0.25, 0.3) is 0 Å². The van der Waals surface area contributed by atoms with E-state index in [4.69, 9.17) is 16.4 Å². The second kappa shape index (κ2) is 6.67. The Morgan fingerprint density at radius 2 is 1.78 bits per heavy atom. The summed E-state index contributed by atoms with van der Waals surface area (Å²) in [5.74, 6) is -0.453. The van der Waals surface area contributed by atoms with Crippen molar-refractivity contribution in [3.05, 3.63) is 71.3 Å². The van der Waals surface area contributed by atoms with Gasteiger partial charge in [0.05, 0.1) is 22.8 Å². The van der Waals surface area contributed by atoms with E-state index in [1.54, 1.807) is 30.3 Å². The fraction of sp³-hybridized carbons (Fsp3) is 0.111. The molecule has 1 heterocycles. The minimum absolute atomic E-state index is 0.361. The van der Waals surface area contributed by atoms with Gasteiger partial charge in [0.2, 0.25) is 0 Å². The van der Waals surface area contributed by atoms with Gasteiger partial charge in [0, 0.05) is 11.1 Å². The number of hydrogen-bond donors (Lipinski definition) is 0. The van der Waals surface area contributed by atoms with Gasteiger partial charge < -0.3 is 4.84 Å². The van der Waals surface area contributed by atoms with Crippen LogP contribution in [0.1, 0.15) is 22.3 Å². The van der Waals surface area contributed by atoms with Crippen molar-refractivity contribution in [3.8, 4) is 0 Å². The number of halogens is 1. The Labute approximate surface area is 138 Å². The first-order valence-corrected chi connectivity index (χ1v) is 7.56. The molecule has 4 nitrogen and oxygen atoms in total. The Kier molecular flexibility index (Phi) is 4.44. The van der Waals surface area contributed by atoms with Crippen LogP contribution in [0.25, 0.3) is 5.03 Å². The van der Waals surface area contributed by atoms with E-state index in [1.807, 2.05) is 24.3 Å². The normalized spacial score (nSPS) is 14.0. The van der Waals surface area contributed by atoms with Crippen molar-refractivity contribution in [2.75, 3.05) is 11.6 Å². The maximum Gasteiger partial charge on any atom is 0.363 e. The van der Waals surface area contributed by atoms with Crippen LogP contribution in [0.15, 0.2) is 60.2 Å². The van der Waals surface area contributed by atoms with Crippen molar-refractivity contribution in [2.24, 2.45) is 0 Å². The molecule has 116 valence electrons. The van der Waals surface area contributed by atoms with Crippen molar-refractivity contribution in [1.82, 2.24) is 0 Å². The average Bonchev–Trinajstić information content (AvgIpc) is 2.73. The molecule has 0 saturated heterocycles. The third-order valence-corrected chi connectivity index (χ3v) is 4.07. The van der Waals surface area contributed by atoms with E-state index in [1.165, 1.54) is 5.06 Å². The summed E-state index contributed by atoms with van der Waals surface area (Å²) in [6.45, 7) is 0.361. The van der Waals surface area contributed by atoms with Crippen molar-refractivity contribution >= 4 is 34.6 Å². The number of hydroxylamine groups is 1. The lowest BCUT2D eigenvalue weighted by Crippen LogP contribution is -2.28. The maximum absolute atomic E-state index is 12.3. The number of carbonyl (C=O) groups excluding carboxylic acids is 2. The minimum atomic E-state index is -0.453. The highest BCUT2D eigenvalue weighted by Crippen LogP contribution is 2.35. The van der Waals surface area contributed by atoms with Crippen LogP contribution in [-0.2, 0) is 9.63 Å². The van der Waals surface area contributed by atoms with Crippen LogP contribution >= 0.6 is 11.6 Å². The predicted molar refractivity (Wildman–Crippen MR) is 89.1 cm³/mol. The number of para-hydroxylation sites is 1. The summed E-state index contributed by atoms with van der Waals surface area (Å²) in [7, 11) is 0. The van der Waals surface area contributed by atoms with Gasteiger partial charge in [-0.25, -0.2) is 9.86 Å². The van der Waals surface area contributed by atoms with Crippen LogP contribution in [0.5, 0.6) is 0 Å². The lowest BCUT2D eigenvalue weighted by atomic mass is 10.1. The Morgan fingerprint density at radius 1 is 1.09 bits per heavy atom. The van der Waals surface area contributed by atoms with Gasteiger partial charge in [-0.2, -0.15) is 0 Å². The zero-order valence-electron chi connectivity index (χ0n) is 12.2. The van der Waals surface area contributed by atoms with Gasteiger partial charge in [-0.3, -0.25) is 4.79 Å². The highest BCUT2D eigenvalue weighted by Gasteiger charge is 2.23. The molecule has 0 radical (unpaired) electrons. The van der Waals surface area contributed by atoms with Crippen LogP contribution in [0.4, 0.5) is 5.69 Å². The van der Waals surface area contributed by atoms with Crippen molar-refractivity contribution < 1.29 is 14.4 Å². The highest BCUT2D eigenvalue weighted by molar-refractivity contribution is 6.51. The van der Waals surface area contributed by atoms with E-state index < -0.39 is 5.97 Å². The lowest BCUT2D eigenvalue weighted by molar-refractivity contribution is -0.105. The molecule has 0 spiro atoms. The first-order valence-electron chi connectivity index (χ1n) is 7.19. The predicted octanol–water partition coefficient (Wildman–Crippen LogP) is 3.82. The Hall–Kier alpha value is -2.59. The van der Waals surface area contributed by atoms with E-state index in [2.05, 4.69) is 0 Å². The van der Waals surface area contributed by atoms with Gasteiger partial charge in [0.15, 0.2) is 0 Å². The van der Waals surface area contributed by atoms with Gasteiger partial charge >= 0.3 is 5.97 Å². The van der Waals surface area contributed by atoms with Crippen LogP contribution in [0.2, 0.25) is 0 Å². The second-order valence-corrected chi connectivity index (χ2v) is 5.45. The fourth-order valence-corrected chi connectivity index (χ4v) is 2.73. The zero-order chi connectivity index (χ0) is 16.2. The maximum atomic E-state index is 12.3. The molecule has 2 aromatic carbocycles. The van der Waals surface area contributed by atoms with Gasteiger partial charge in [0.1, 0.15) is 6.29 Å². The summed E-state index contributed by atoms with van der Waals surface area (Å²) in [6, 6.07) is 16.0. The number of nitrogens with zero attached hydrogens (tertiary/aromatic N) is 1. The summed E-state index contributed by atoms with van der Waals surface area (Å²) >= 11 is 6.32. The number of hydrogen-bond acceptors (Lipinski definition) is 4. The molecule has 2 aromatic rings. The average molecular weight is 328 g/mol. The number of rotatable bonds is 3. The third-order valence-electron chi connectivity index (χ3n) is 3.62.